The Morgan fingerprint density at radius 2 is 2.08 bits per heavy atom. The summed E-state index contributed by atoms with van der Waals surface area (Å²) in [6.07, 6.45) is 0.427. The number of nitroso groups, excluding NO2 is 1. The van der Waals surface area contributed by atoms with Gasteiger partial charge in [0.15, 0.2) is 0 Å². The van der Waals surface area contributed by atoms with E-state index in [1.165, 1.54) is 12.1 Å². The highest BCUT2D eigenvalue weighted by Crippen LogP contribution is 2.14. The topological polar surface area (TPSA) is 75.6 Å². The molecule has 5 nitrogen and oxygen atoms in total. The first-order valence-corrected chi connectivity index (χ1v) is 3.46. The summed E-state index contributed by atoms with van der Waals surface area (Å²) < 4.78 is 0. The van der Waals surface area contributed by atoms with E-state index in [4.69, 9.17) is 0 Å². The summed E-state index contributed by atoms with van der Waals surface area (Å²) >= 11 is 0. The lowest BCUT2D eigenvalue weighted by atomic mass is 10.2. The monoisotopic (exact) mass is 178 g/mol. The predicted molar refractivity (Wildman–Crippen MR) is 46.3 cm³/mol. The van der Waals surface area contributed by atoms with Crippen molar-refractivity contribution in [1.82, 2.24) is 0 Å². The van der Waals surface area contributed by atoms with Crippen molar-refractivity contribution >= 4 is 18.0 Å². The number of benzene rings is 1. The van der Waals surface area contributed by atoms with E-state index in [9.17, 15) is 14.5 Å². The van der Waals surface area contributed by atoms with Gasteiger partial charge in [-0.3, -0.25) is 9.59 Å². The molecule has 0 unspecified atom stereocenters. The molecule has 0 fully saturated rings. The number of para-hydroxylation sites is 1. The molecule has 0 atom stereocenters. The Bertz CT molecular complexity index is 349. The van der Waals surface area contributed by atoms with Gasteiger partial charge in [-0.1, -0.05) is 12.1 Å². The number of rotatable bonds is 3. The molecule has 0 saturated carbocycles. The zero-order valence-corrected chi connectivity index (χ0v) is 6.56. The van der Waals surface area contributed by atoms with Gasteiger partial charge in [0.2, 0.25) is 6.41 Å². The average molecular weight is 178 g/mol. The van der Waals surface area contributed by atoms with Crippen molar-refractivity contribution in [3.8, 4) is 0 Å². The Labute approximate surface area is 73.7 Å². The minimum absolute atomic E-state index is 0.0876. The highest BCUT2D eigenvalue weighted by atomic mass is 16.3. The van der Waals surface area contributed by atoms with Crippen LogP contribution in [0.15, 0.2) is 29.4 Å². The van der Waals surface area contributed by atoms with Gasteiger partial charge < -0.3 is 5.32 Å². The summed E-state index contributed by atoms with van der Waals surface area (Å²) in [4.78, 5) is 30.9. The third-order valence-electron chi connectivity index (χ3n) is 1.45. The maximum Gasteiger partial charge on any atom is 0.318 e. The van der Waals surface area contributed by atoms with Crippen LogP contribution in [0.25, 0.3) is 0 Å². The van der Waals surface area contributed by atoms with Gasteiger partial charge in [-0.25, -0.2) is 0 Å². The molecule has 0 bridgehead atoms. The molecule has 1 aromatic carbocycles. The SMILES string of the molecule is O=CNc1ccccc1C(=O)N=O. The van der Waals surface area contributed by atoms with Crippen LogP contribution in [0.3, 0.4) is 0 Å². The summed E-state index contributed by atoms with van der Waals surface area (Å²) in [7, 11) is 0. The van der Waals surface area contributed by atoms with E-state index in [0.29, 0.717) is 6.41 Å². The molecule has 66 valence electrons. The van der Waals surface area contributed by atoms with E-state index in [1.54, 1.807) is 12.1 Å². The molecule has 0 saturated heterocycles. The number of hydrogen-bond acceptors (Lipinski definition) is 3. The van der Waals surface area contributed by atoms with E-state index in [1.807, 2.05) is 0 Å². The lowest BCUT2D eigenvalue weighted by Crippen LogP contribution is -2.02. The Hall–Kier alpha value is -2.04. The number of nitrogens with one attached hydrogen (secondary N) is 1. The van der Waals surface area contributed by atoms with Gasteiger partial charge >= 0.3 is 5.91 Å². The van der Waals surface area contributed by atoms with Crippen molar-refractivity contribution < 1.29 is 9.59 Å². The molecule has 0 aliphatic carbocycles. The van der Waals surface area contributed by atoms with Crippen LogP contribution in [0.4, 0.5) is 5.69 Å². The van der Waals surface area contributed by atoms with Crippen molar-refractivity contribution in [3.05, 3.63) is 34.7 Å². The fraction of sp³-hybridized carbons (Fsp3) is 0. The Morgan fingerprint density at radius 1 is 1.38 bits per heavy atom. The van der Waals surface area contributed by atoms with E-state index in [0.717, 1.165) is 0 Å². The maximum absolute atomic E-state index is 10.9. The lowest BCUT2D eigenvalue weighted by molar-refractivity contribution is -0.105. The Morgan fingerprint density at radius 3 is 2.69 bits per heavy atom. The molecule has 5 heteroatoms. The molecule has 0 aliphatic rings. The van der Waals surface area contributed by atoms with Gasteiger partial charge in [0.1, 0.15) is 0 Å². The summed E-state index contributed by atoms with van der Waals surface area (Å²) in [5.41, 5.74) is 0.367. The molecule has 1 N–H and O–H groups in total. The van der Waals surface area contributed by atoms with Crippen molar-refractivity contribution in [1.29, 1.82) is 0 Å². The van der Waals surface area contributed by atoms with E-state index in [-0.39, 0.29) is 11.3 Å². The molecule has 2 amide bonds. The minimum Gasteiger partial charge on any atom is -0.328 e. The Kier molecular flexibility index (Phi) is 2.86. The van der Waals surface area contributed by atoms with Crippen LogP contribution in [0.2, 0.25) is 0 Å². The summed E-state index contributed by atoms with van der Waals surface area (Å²) in [6, 6.07) is 6.13. The van der Waals surface area contributed by atoms with Crippen LogP contribution in [0.1, 0.15) is 10.4 Å². The smallest absolute Gasteiger partial charge is 0.318 e. The van der Waals surface area contributed by atoms with Crippen LogP contribution < -0.4 is 5.32 Å². The zero-order chi connectivity index (χ0) is 9.68. The molecule has 0 heterocycles. The minimum atomic E-state index is -0.898. The molecule has 0 spiro atoms. The second kappa shape index (κ2) is 4.10. The van der Waals surface area contributed by atoms with Gasteiger partial charge in [-0.05, 0) is 12.1 Å². The van der Waals surface area contributed by atoms with Crippen molar-refractivity contribution in [2.24, 2.45) is 5.18 Å². The molecular weight excluding hydrogens is 172 g/mol. The fourth-order valence-electron chi connectivity index (χ4n) is 0.908. The number of anilines is 1. The van der Waals surface area contributed by atoms with Gasteiger partial charge in [0, 0.05) is 5.18 Å². The number of carbonyl (C=O) groups is 2. The molecule has 0 aromatic heterocycles. The van der Waals surface area contributed by atoms with Crippen LogP contribution in [0.5, 0.6) is 0 Å². The Balaban J connectivity index is 3.10. The number of hydrogen-bond donors (Lipinski definition) is 1. The van der Waals surface area contributed by atoms with Crippen LogP contribution in [0, 0.1) is 4.91 Å². The first-order valence-electron chi connectivity index (χ1n) is 3.46. The van der Waals surface area contributed by atoms with Gasteiger partial charge in [-0.2, -0.15) is 0 Å². The van der Waals surface area contributed by atoms with E-state index >= 15 is 0 Å². The fourth-order valence-corrected chi connectivity index (χ4v) is 0.908. The van der Waals surface area contributed by atoms with Crippen LogP contribution in [-0.2, 0) is 4.79 Å². The second-order valence-corrected chi connectivity index (χ2v) is 2.20. The standard InChI is InChI=1S/C8H6N2O3/c11-5-9-7-4-2-1-3-6(7)8(12)10-13/h1-5H,(H,9,11). The molecule has 0 aliphatic heterocycles. The summed E-state index contributed by atoms with van der Waals surface area (Å²) in [5.74, 6) is -0.898. The van der Waals surface area contributed by atoms with Crippen LogP contribution in [-0.4, -0.2) is 12.3 Å². The van der Waals surface area contributed by atoms with E-state index < -0.39 is 5.91 Å². The maximum atomic E-state index is 10.9. The number of amides is 2. The zero-order valence-electron chi connectivity index (χ0n) is 6.56. The molecule has 13 heavy (non-hydrogen) atoms. The summed E-state index contributed by atoms with van der Waals surface area (Å²) in [5, 5.41) is 4.55. The van der Waals surface area contributed by atoms with Gasteiger partial charge in [0.25, 0.3) is 0 Å². The first-order chi connectivity index (χ1) is 6.29. The van der Waals surface area contributed by atoms with Gasteiger partial charge in [0.05, 0.1) is 11.3 Å². The van der Waals surface area contributed by atoms with E-state index in [2.05, 4.69) is 10.5 Å². The number of carbonyl (C=O) groups excluding carboxylic acids is 2. The molecular formula is C8H6N2O3. The first kappa shape index (κ1) is 9.05. The third-order valence-corrected chi connectivity index (χ3v) is 1.45. The van der Waals surface area contributed by atoms with Gasteiger partial charge in [-0.15, -0.1) is 4.91 Å². The molecule has 1 aromatic rings. The normalized spacial score (nSPS) is 8.92. The second-order valence-electron chi connectivity index (χ2n) is 2.20. The third kappa shape index (κ3) is 1.96. The average Bonchev–Trinajstić information content (AvgIpc) is 2.18. The predicted octanol–water partition coefficient (Wildman–Crippen LogP) is 1.16. The molecule has 1 rings (SSSR count). The number of nitrogens with zero attached hydrogens (tertiary/aromatic N) is 1. The van der Waals surface area contributed by atoms with Crippen molar-refractivity contribution in [2.45, 2.75) is 0 Å². The largest absolute Gasteiger partial charge is 0.328 e. The highest BCUT2D eigenvalue weighted by molar-refractivity contribution is 6.01. The van der Waals surface area contributed by atoms with Crippen molar-refractivity contribution in [2.75, 3.05) is 5.32 Å². The van der Waals surface area contributed by atoms with Crippen LogP contribution >= 0.6 is 0 Å². The lowest BCUT2D eigenvalue weighted by Gasteiger charge is -2.01. The van der Waals surface area contributed by atoms with Crippen molar-refractivity contribution in [3.63, 3.8) is 0 Å². The summed E-state index contributed by atoms with van der Waals surface area (Å²) in [6.45, 7) is 0. The quantitative estimate of drug-likeness (QED) is 0.557. The molecule has 0 radical (unpaired) electrons. The highest BCUT2D eigenvalue weighted by Gasteiger charge is 2.09.